The third-order valence-corrected chi connectivity index (χ3v) is 4.09. The van der Waals surface area contributed by atoms with Crippen molar-refractivity contribution in [3.05, 3.63) is 58.1 Å². The average Bonchev–Trinajstić information content (AvgIpc) is 2.38. The van der Waals surface area contributed by atoms with Gasteiger partial charge in [-0.3, -0.25) is 0 Å². The molecule has 0 aliphatic rings. The Hall–Kier alpha value is -1.27. The molecule has 2 N–H and O–H groups in total. The fourth-order valence-electron chi connectivity index (χ4n) is 1.59. The highest BCUT2D eigenvalue weighted by molar-refractivity contribution is 7.89. The molecular weight excluding hydrogens is 321 g/mol. The lowest BCUT2D eigenvalue weighted by atomic mass is 10.2. The van der Waals surface area contributed by atoms with E-state index in [1.165, 1.54) is 18.2 Å². The van der Waals surface area contributed by atoms with Gasteiger partial charge in [-0.2, -0.15) is 0 Å². The number of hydrogen-bond acceptors (Lipinski definition) is 3. The molecule has 0 aliphatic heterocycles. The van der Waals surface area contributed by atoms with Crippen LogP contribution >= 0.6 is 23.2 Å². The summed E-state index contributed by atoms with van der Waals surface area (Å²) in [6, 6.07) is 11.4. The van der Waals surface area contributed by atoms with Crippen molar-refractivity contribution < 1.29 is 13.2 Å². The van der Waals surface area contributed by atoms with E-state index in [1.807, 2.05) is 6.07 Å². The van der Waals surface area contributed by atoms with Gasteiger partial charge in [-0.15, -0.1) is 0 Å². The Morgan fingerprint density at radius 3 is 2.45 bits per heavy atom. The van der Waals surface area contributed by atoms with Crippen LogP contribution < -0.4 is 9.88 Å². The Morgan fingerprint density at radius 1 is 1.10 bits per heavy atom. The van der Waals surface area contributed by atoms with Crippen molar-refractivity contribution in [1.29, 1.82) is 0 Å². The highest BCUT2D eigenvalue weighted by atomic mass is 35.5. The van der Waals surface area contributed by atoms with E-state index in [9.17, 15) is 8.42 Å². The number of halogens is 2. The number of primary sulfonamides is 1. The first-order valence-electron chi connectivity index (χ1n) is 5.56. The molecular formula is C13H11Cl2NO3S. The van der Waals surface area contributed by atoms with Gasteiger partial charge in [0.15, 0.2) is 0 Å². The lowest BCUT2D eigenvalue weighted by Crippen LogP contribution is -2.14. The van der Waals surface area contributed by atoms with E-state index in [4.69, 9.17) is 33.1 Å². The van der Waals surface area contributed by atoms with Crippen LogP contribution in [-0.4, -0.2) is 8.42 Å². The van der Waals surface area contributed by atoms with Gasteiger partial charge in [-0.25, -0.2) is 13.6 Å². The molecule has 0 unspecified atom stereocenters. The van der Waals surface area contributed by atoms with Crippen LogP contribution in [0, 0.1) is 0 Å². The molecule has 0 saturated heterocycles. The van der Waals surface area contributed by atoms with Gasteiger partial charge in [0.05, 0.1) is 0 Å². The fourth-order valence-corrected chi connectivity index (χ4v) is 2.72. The summed E-state index contributed by atoms with van der Waals surface area (Å²) in [6.45, 7) is 0.129. The van der Waals surface area contributed by atoms with Gasteiger partial charge in [0.25, 0.3) is 0 Å². The maximum atomic E-state index is 11.5. The second-order valence-electron chi connectivity index (χ2n) is 4.02. The molecule has 0 bridgehead atoms. The Balaban J connectivity index is 2.29. The van der Waals surface area contributed by atoms with Gasteiger partial charge < -0.3 is 4.74 Å². The van der Waals surface area contributed by atoms with Crippen molar-refractivity contribution in [2.24, 2.45) is 5.14 Å². The van der Waals surface area contributed by atoms with Crippen LogP contribution in [0.5, 0.6) is 5.75 Å². The van der Waals surface area contributed by atoms with Crippen LogP contribution in [0.25, 0.3) is 0 Å². The molecule has 7 heteroatoms. The Labute approximate surface area is 127 Å². The van der Waals surface area contributed by atoms with Gasteiger partial charge >= 0.3 is 0 Å². The van der Waals surface area contributed by atoms with Crippen LogP contribution in [0.4, 0.5) is 0 Å². The Bertz CT molecular complexity index is 732. The van der Waals surface area contributed by atoms with Crippen LogP contribution in [0.1, 0.15) is 5.56 Å². The smallest absolute Gasteiger partial charge is 0.241 e. The first-order chi connectivity index (χ1) is 9.38. The molecule has 0 fully saturated rings. The quantitative estimate of drug-likeness (QED) is 0.935. The summed E-state index contributed by atoms with van der Waals surface area (Å²) in [7, 11) is -3.91. The van der Waals surface area contributed by atoms with E-state index < -0.39 is 10.0 Å². The molecule has 2 aromatic carbocycles. The number of rotatable bonds is 4. The van der Waals surface area contributed by atoms with Crippen molar-refractivity contribution >= 4 is 33.2 Å². The molecule has 0 atom stereocenters. The van der Waals surface area contributed by atoms with Crippen molar-refractivity contribution in [2.75, 3.05) is 0 Å². The summed E-state index contributed by atoms with van der Waals surface area (Å²) >= 11 is 11.8. The Morgan fingerprint density at radius 2 is 1.80 bits per heavy atom. The van der Waals surface area contributed by atoms with Gasteiger partial charge in [-0.05, 0) is 24.3 Å². The summed E-state index contributed by atoms with van der Waals surface area (Å²) in [5, 5.41) is 5.94. The summed E-state index contributed by atoms with van der Waals surface area (Å²) in [5.41, 5.74) is 0.740. The number of sulfonamides is 1. The molecule has 4 nitrogen and oxygen atoms in total. The molecule has 2 rings (SSSR count). The molecule has 0 radical (unpaired) electrons. The zero-order chi connectivity index (χ0) is 14.8. The molecule has 0 heterocycles. The van der Waals surface area contributed by atoms with Crippen molar-refractivity contribution in [2.45, 2.75) is 11.5 Å². The fraction of sp³-hybridized carbons (Fsp3) is 0.0769. The zero-order valence-electron chi connectivity index (χ0n) is 10.2. The summed E-state index contributed by atoms with van der Waals surface area (Å²) in [5.74, 6) is 0.136. The lowest BCUT2D eigenvalue weighted by Gasteiger charge is -2.11. The van der Waals surface area contributed by atoms with E-state index in [0.717, 1.165) is 5.56 Å². The van der Waals surface area contributed by atoms with Crippen LogP contribution in [0.2, 0.25) is 10.0 Å². The molecule has 0 saturated carbocycles. The lowest BCUT2D eigenvalue weighted by molar-refractivity contribution is 0.298. The number of nitrogens with two attached hydrogens (primary N) is 1. The van der Waals surface area contributed by atoms with Crippen LogP contribution in [0.15, 0.2) is 47.4 Å². The van der Waals surface area contributed by atoms with Gasteiger partial charge in [0.2, 0.25) is 10.0 Å². The van der Waals surface area contributed by atoms with E-state index in [-0.39, 0.29) is 22.3 Å². The largest absolute Gasteiger partial charge is 0.487 e. The predicted octanol–water partition coefficient (Wildman–Crippen LogP) is 3.22. The minimum absolute atomic E-state index is 0.129. The molecule has 0 spiro atoms. The standard InChI is InChI=1S/C13H11Cl2NO3S/c14-10-5-6-12(13(7-10)20(16,17)18)19-8-9-3-1-2-4-11(9)15/h1-7H,8H2,(H2,16,17,18). The second kappa shape index (κ2) is 6.01. The average molecular weight is 332 g/mol. The van der Waals surface area contributed by atoms with Gasteiger partial charge in [0.1, 0.15) is 17.3 Å². The van der Waals surface area contributed by atoms with E-state index in [2.05, 4.69) is 0 Å². The highest BCUT2D eigenvalue weighted by Crippen LogP contribution is 2.27. The number of ether oxygens (including phenoxy) is 1. The first kappa shape index (κ1) is 15.1. The topological polar surface area (TPSA) is 69.4 Å². The molecule has 2 aromatic rings. The van der Waals surface area contributed by atoms with Crippen molar-refractivity contribution in [3.8, 4) is 5.75 Å². The zero-order valence-corrected chi connectivity index (χ0v) is 12.5. The van der Waals surface area contributed by atoms with Crippen LogP contribution in [-0.2, 0) is 16.6 Å². The minimum Gasteiger partial charge on any atom is -0.487 e. The minimum atomic E-state index is -3.91. The van der Waals surface area contributed by atoms with Gasteiger partial charge in [-0.1, -0.05) is 41.4 Å². The molecule has 0 amide bonds. The summed E-state index contributed by atoms with van der Waals surface area (Å²) in [6.07, 6.45) is 0. The second-order valence-corrected chi connectivity index (χ2v) is 6.39. The Kier molecular flexibility index (Phi) is 4.55. The normalized spacial score (nSPS) is 11.3. The monoisotopic (exact) mass is 331 g/mol. The predicted molar refractivity (Wildman–Crippen MR) is 78.6 cm³/mol. The third-order valence-electron chi connectivity index (χ3n) is 2.55. The summed E-state index contributed by atoms with van der Waals surface area (Å²) < 4.78 is 28.5. The third kappa shape index (κ3) is 3.64. The first-order valence-corrected chi connectivity index (χ1v) is 7.87. The molecule has 0 aliphatic carbocycles. The SMILES string of the molecule is NS(=O)(=O)c1cc(Cl)ccc1OCc1ccccc1Cl. The van der Waals surface area contributed by atoms with E-state index in [1.54, 1.807) is 18.2 Å². The van der Waals surface area contributed by atoms with Crippen molar-refractivity contribution in [3.63, 3.8) is 0 Å². The number of benzene rings is 2. The number of hydrogen-bond donors (Lipinski definition) is 1. The van der Waals surface area contributed by atoms with Crippen LogP contribution in [0.3, 0.4) is 0 Å². The molecule has 106 valence electrons. The van der Waals surface area contributed by atoms with Gasteiger partial charge in [0, 0.05) is 15.6 Å². The van der Waals surface area contributed by atoms with E-state index >= 15 is 0 Å². The maximum Gasteiger partial charge on any atom is 0.241 e. The molecule has 0 aromatic heterocycles. The highest BCUT2D eigenvalue weighted by Gasteiger charge is 2.16. The maximum absolute atomic E-state index is 11.5. The van der Waals surface area contributed by atoms with E-state index in [0.29, 0.717) is 5.02 Å². The molecule has 20 heavy (non-hydrogen) atoms. The van der Waals surface area contributed by atoms with Crippen molar-refractivity contribution in [1.82, 2.24) is 0 Å². The summed E-state index contributed by atoms with van der Waals surface area (Å²) in [4.78, 5) is -0.156.